The number of anilines is 1. The van der Waals surface area contributed by atoms with Crippen molar-refractivity contribution in [3.05, 3.63) is 78.4 Å². The fourth-order valence-corrected chi connectivity index (χ4v) is 3.55. The number of fused-ring (bicyclic) bond motifs is 1. The second-order valence-electron chi connectivity index (χ2n) is 7.31. The summed E-state index contributed by atoms with van der Waals surface area (Å²) in [6, 6.07) is 22.3. The number of rotatable bonds is 8. The van der Waals surface area contributed by atoms with Crippen molar-refractivity contribution in [1.82, 2.24) is 4.98 Å². The normalized spacial score (nSPS) is 10.6. The van der Waals surface area contributed by atoms with E-state index in [4.69, 9.17) is 19.2 Å². The molecular weight excluding hydrogens is 416 g/mol. The Morgan fingerprint density at radius 3 is 2.39 bits per heavy atom. The van der Waals surface area contributed by atoms with Gasteiger partial charge < -0.3 is 19.5 Å². The Hall–Kier alpha value is -4.06. The van der Waals surface area contributed by atoms with Gasteiger partial charge in [0.05, 0.1) is 31.5 Å². The standard InChI is InChI=1S/C27H26N2O4/c1-4-32-21-12-10-20(11-13-21)28-27(30)19-9-14-24-23(16-19)26(33-5-2)17-25(29-24)18-7-6-8-22(15-18)31-3/h6-17H,4-5H2,1-3H3,(H,28,30). The van der Waals surface area contributed by atoms with Gasteiger partial charge in [0.25, 0.3) is 5.91 Å². The van der Waals surface area contributed by atoms with E-state index in [0.29, 0.717) is 30.2 Å². The van der Waals surface area contributed by atoms with Crippen LogP contribution in [0.15, 0.2) is 72.8 Å². The molecular formula is C27H26N2O4. The largest absolute Gasteiger partial charge is 0.497 e. The lowest BCUT2D eigenvalue weighted by molar-refractivity contribution is 0.102. The number of amides is 1. The maximum Gasteiger partial charge on any atom is 0.255 e. The second-order valence-corrected chi connectivity index (χ2v) is 7.31. The van der Waals surface area contributed by atoms with Crippen LogP contribution in [-0.4, -0.2) is 31.2 Å². The molecule has 0 aliphatic rings. The van der Waals surface area contributed by atoms with Crippen molar-refractivity contribution in [2.45, 2.75) is 13.8 Å². The number of hydrogen-bond donors (Lipinski definition) is 1. The first-order chi connectivity index (χ1) is 16.1. The molecule has 4 aromatic rings. The quantitative estimate of drug-likeness (QED) is 0.365. The summed E-state index contributed by atoms with van der Waals surface area (Å²) in [5, 5.41) is 3.70. The van der Waals surface area contributed by atoms with Gasteiger partial charge in [-0.25, -0.2) is 4.98 Å². The number of aromatic nitrogens is 1. The van der Waals surface area contributed by atoms with Crippen molar-refractivity contribution < 1.29 is 19.0 Å². The van der Waals surface area contributed by atoms with Gasteiger partial charge in [0.2, 0.25) is 0 Å². The molecule has 0 bridgehead atoms. The van der Waals surface area contributed by atoms with Gasteiger partial charge in [-0.05, 0) is 68.4 Å². The zero-order valence-electron chi connectivity index (χ0n) is 18.9. The minimum Gasteiger partial charge on any atom is -0.497 e. The zero-order valence-corrected chi connectivity index (χ0v) is 18.9. The first kappa shape index (κ1) is 22.1. The highest BCUT2D eigenvalue weighted by atomic mass is 16.5. The Morgan fingerprint density at radius 1 is 0.879 bits per heavy atom. The Morgan fingerprint density at radius 2 is 1.67 bits per heavy atom. The van der Waals surface area contributed by atoms with Gasteiger partial charge in [-0.1, -0.05) is 12.1 Å². The SMILES string of the molecule is CCOc1ccc(NC(=O)c2ccc3nc(-c4cccc(OC)c4)cc(OCC)c3c2)cc1. The number of methoxy groups -OCH3 is 1. The summed E-state index contributed by atoms with van der Waals surface area (Å²) in [5.41, 5.74) is 3.66. The Kier molecular flexibility index (Phi) is 6.74. The molecule has 1 amide bonds. The van der Waals surface area contributed by atoms with Crippen LogP contribution in [0, 0.1) is 0 Å². The van der Waals surface area contributed by atoms with E-state index in [2.05, 4.69) is 5.32 Å². The van der Waals surface area contributed by atoms with Gasteiger partial charge in [-0.3, -0.25) is 4.79 Å². The van der Waals surface area contributed by atoms with E-state index in [1.165, 1.54) is 0 Å². The lowest BCUT2D eigenvalue weighted by Crippen LogP contribution is -2.12. The van der Waals surface area contributed by atoms with E-state index in [-0.39, 0.29) is 5.91 Å². The molecule has 0 aliphatic carbocycles. The van der Waals surface area contributed by atoms with Crippen LogP contribution in [0.4, 0.5) is 5.69 Å². The minimum absolute atomic E-state index is 0.208. The summed E-state index contributed by atoms with van der Waals surface area (Å²) in [6.07, 6.45) is 0. The molecule has 6 heteroatoms. The van der Waals surface area contributed by atoms with Gasteiger partial charge in [0.15, 0.2) is 0 Å². The van der Waals surface area contributed by atoms with Crippen molar-refractivity contribution in [2.24, 2.45) is 0 Å². The zero-order chi connectivity index (χ0) is 23.2. The molecule has 0 unspecified atom stereocenters. The van der Waals surface area contributed by atoms with Crippen molar-refractivity contribution in [2.75, 3.05) is 25.6 Å². The van der Waals surface area contributed by atoms with Gasteiger partial charge in [-0.15, -0.1) is 0 Å². The molecule has 0 fully saturated rings. The Balaban J connectivity index is 1.65. The van der Waals surface area contributed by atoms with Gasteiger partial charge in [0.1, 0.15) is 17.2 Å². The number of hydrogen-bond acceptors (Lipinski definition) is 5. The monoisotopic (exact) mass is 442 g/mol. The fraction of sp³-hybridized carbons (Fsp3) is 0.185. The predicted octanol–water partition coefficient (Wildman–Crippen LogP) is 5.96. The number of nitrogens with one attached hydrogen (secondary N) is 1. The number of carbonyl (C=O) groups is 1. The van der Waals surface area contributed by atoms with Gasteiger partial charge >= 0.3 is 0 Å². The van der Waals surface area contributed by atoms with Gasteiger partial charge in [0, 0.05) is 28.3 Å². The van der Waals surface area contributed by atoms with E-state index >= 15 is 0 Å². The van der Waals surface area contributed by atoms with E-state index in [1.54, 1.807) is 13.2 Å². The van der Waals surface area contributed by atoms with Crippen LogP contribution in [0.2, 0.25) is 0 Å². The Labute approximate surface area is 193 Å². The second kappa shape index (κ2) is 10.0. The fourth-order valence-electron chi connectivity index (χ4n) is 3.55. The summed E-state index contributed by atoms with van der Waals surface area (Å²) < 4.78 is 16.7. The molecule has 1 aromatic heterocycles. The summed E-state index contributed by atoms with van der Waals surface area (Å²) in [5.74, 6) is 1.99. The number of carbonyl (C=O) groups excluding carboxylic acids is 1. The van der Waals surface area contributed by atoms with Crippen molar-refractivity contribution in [1.29, 1.82) is 0 Å². The molecule has 3 aromatic carbocycles. The summed E-state index contributed by atoms with van der Waals surface area (Å²) in [6.45, 7) is 4.96. The van der Waals surface area contributed by atoms with E-state index in [0.717, 1.165) is 33.7 Å². The maximum absolute atomic E-state index is 12.9. The molecule has 0 aliphatic heterocycles. The molecule has 1 N–H and O–H groups in total. The molecule has 1 heterocycles. The highest BCUT2D eigenvalue weighted by Gasteiger charge is 2.13. The van der Waals surface area contributed by atoms with Crippen molar-refractivity contribution in [3.8, 4) is 28.5 Å². The molecule has 168 valence electrons. The van der Waals surface area contributed by atoms with Crippen LogP contribution in [0.1, 0.15) is 24.2 Å². The third kappa shape index (κ3) is 5.06. The third-order valence-corrected chi connectivity index (χ3v) is 5.12. The summed E-state index contributed by atoms with van der Waals surface area (Å²) in [7, 11) is 1.64. The van der Waals surface area contributed by atoms with Gasteiger partial charge in [-0.2, -0.15) is 0 Å². The van der Waals surface area contributed by atoms with E-state index in [9.17, 15) is 4.79 Å². The topological polar surface area (TPSA) is 69.7 Å². The molecule has 6 nitrogen and oxygen atoms in total. The lowest BCUT2D eigenvalue weighted by atomic mass is 10.1. The number of nitrogens with zero attached hydrogens (tertiary/aromatic N) is 1. The number of pyridine rings is 1. The average Bonchev–Trinajstić information content (AvgIpc) is 2.85. The first-order valence-electron chi connectivity index (χ1n) is 10.9. The van der Waals surface area contributed by atoms with Crippen LogP contribution >= 0.6 is 0 Å². The van der Waals surface area contributed by atoms with Crippen LogP contribution in [0.3, 0.4) is 0 Å². The van der Waals surface area contributed by atoms with Crippen LogP contribution in [-0.2, 0) is 0 Å². The molecule has 4 rings (SSSR count). The first-order valence-corrected chi connectivity index (χ1v) is 10.9. The number of benzene rings is 3. The molecule has 0 saturated heterocycles. The van der Waals surface area contributed by atoms with Crippen molar-refractivity contribution >= 4 is 22.5 Å². The summed E-state index contributed by atoms with van der Waals surface area (Å²) >= 11 is 0. The smallest absolute Gasteiger partial charge is 0.255 e. The Bertz CT molecular complexity index is 1270. The number of ether oxygens (including phenoxy) is 3. The molecule has 0 radical (unpaired) electrons. The van der Waals surface area contributed by atoms with E-state index in [1.807, 2.05) is 80.6 Å². The highest BCUT2D eigenvalue weighted by molar-refractivity contribution is 6.07. The van der Waals surface area contributed by atoms with Crippen LogP contribution < -0.4 is 19.5 Å². The molecule has 0 saturated carbocycles. The maximum atomic E-state index is 12.9. The molecule has 33 heavy (non-hydrogen) atoms. The predicted molar refractivity (Wildman–Crippen MR) is 130 cm³/mol. The lowest BCUT2D eigenvalue weighted by Gasteiger charge is -2.12. The van der Waals surface area contributed by atoms with Crippen LogP contribution in [0.5, 0.6) is 17.2 Å². The van der Waals surface area contributed by atoms with Crippen LogP contribution in [0.25, 0.3) is 22.2 Å². The molecule has 0 atom stereocenters. The minimum atomic E-state index is -0.208. The van der Waals surface area contributed by atoms with Crippen molar-refractivity contribution in [3.63, 3.8) is 0 Å². The average molecular weight is 443 g/mol. The third-order valence-electron chi connectivity index (χ3n) is 5.12. The highest BCUT2D eigenvalue weighted by Crippen LogP contribution is 2.32. The molecule has 0 spiro atoms. The van der Waals surface area contributed by atoms with E-state index < -0.39 is 0 Å². The summed E-state index contributed by atoms with van der Waals surface area (Å²) in [4.78, 5) is 17.7.